The van der Waals surface area contributed by atoms with Crippen LogP contribution in [0.4, 0.5) is 0 Å². The molecule has 0 spiro atoms. The summed E-state index contributed by atoms with van der Waals surface area (Å²) in [5, 5.41) is 0. The van der Waals surface area contributed by atoms with Crippen LogP contribution in [0.1, 0.15) is 24.0 Å². The highest BCUT2D eigenvalue weighted by Crippen LogP contribution is 2.51. The molecule has 3 atom stereocenters. The predicted molar refractivity (Wildman–Crippen MR) is 110 cm³/mol. The first-order valence-corrected chi connectivity index (χ1v) is 10.3. The molecule has 2 aliphatic rings. The van der Waals surface area contributed by atoms with Crippen molar-refractivity contribution in [3.05, 3.63) is 83.9 Å². The molecule has 1 aliphatic heterocycles. The second kappa shape index (κ2) is 8.64. The molecular weight excluding hydrogens is 364 g/mol. The SMILES string of the molecule is O=C(OCCCc1ccccc1)[C@@]12C(=O)OC[C@@H]1C=C[C@@H]2CCc1ccccc1. The molecule has 0 amide bonds. The second-order valence-electron chi connectivity index (χ2n) is 7.81. The molecule has 0 bridgehead atoms. The molecule has 0 unspecified atom stereocenters. The minimum atomic E-state index is -1.21. The second-order valence-corrected chi connectivity index (χ2v) is 7.81. The number of carbonyl (C=O) groups excluding carboxylic acids is 2. The van der Waals surface area contributed by atoms with Crippen molar-refractivity contribution in [1.82, 2.24) is 0 Å². The third kappa shape index (κ3) is 3.84. The maximum atomic E-state index is 13.1. The van der Waals surface area contributed by atoms with E-state index in [-0.39, 0.29) is 18.4 Å². The van der Waals surface area contributed by atoms with E-state index in [1.807, 2.05) is 48.6 Å². The van der Waals surface area contributed by atoms with Crippen molar-refractivity contribution in [3.8, 4) is 0 Å². The first-order chi connectivity index (χ1) is 14.2. The van der Waals surface area contributed by atoms with Crippen LogP contribution in [0, 0.1) is 17.3 Å². The van der Waals surface area contributed by atoms with Crippen LogP contribution in [0.2, 0.25) is 0 Å². The highest BCUT2D eigenvalue weighted by molar-refractivity contribution is 6.03. The number of carbonyl (C=O) groups is 2. The summed E-state index contributed by atoms with van der Waals surface area (Å²) in [6, 6.07) is 20.2. The zero-order valence-corrected chi connectivity index (χ0v) is 16.5. The van der Waals surface area contributed by atoms with Crippen molar-refractivity contribution in [2.24, 2.45) is 17.3 Å². The maximum absolute atomic E-state index is 13.1. The van der Waals surface area contributed by atoms with Crippen molar-refractivity contribution in [2.45, 2.75) is 25.7 Å². The zero-order chi connectivity index (χ0) is 20.1. The minimum absolute atomic E-state index is 0.190. The van der Waals surface area contributed by atoms with Crippen LogP contribution in [-0.4, -0.2) is 25.2 Å². The van der Waals surface area contributed by atoms with E-state index in [4.69, 9.17) is 9.47 Å². The van der Waals surface area contributed by atoms with E-state index in [9.17, 15) is 9.59 Å². The minimum Gasteiger partial charge on any atom is -0.465 e. The number of aryl methyl sites for hydroxylation is 2. The van der Waals surface area contributed by atoms with Gasteiger partial charge in [0.2, 0.25) is 0 Å². The molecule has 150 valence electrons. The van der Waals surface area contributed by atoms with E-state index in [2.05, 4.69) is 24.3 Å². The van der Waals surface area contributed by atoms with Crippen LogP contribution < -0.4 is 0 Å². The molecular formula is C25H26O4. The molecule has 0 N–H and O–H groups in total. The Morgan fingerprint density at radius 3 is 2.31 bits per heavy atom. The largest absolute Gasteiger partial charge is 0.465 e. The van der Waals surface area contributed by atoms with E-state index in [0.717, 1.165) is 19.3 Å². The molecule has 1 fully saturated rings. The molecule has 0 radical (unpaired) electrons. The van der Waals surface area contributed by atoms with Gasteiger partial charge in [-0.25, -0.2) is 0 Å². The molecule has 0 saturated carbocycles. The van der Waals surface area contributed by atoms with Crippen molar-refractivity contribution >= 4 is 11.9 Å². The molecule has 2 aromatic carbocycles. The molecule has 0 aromatic heterocycles. The number of ether oxygens (including phenoxy) is 2. The molecule has 1 aliphatic carbocycles. The highest BCUT2D eigenvalue weighted by atomic mass is 16.6. The van der Waals surface area contributed by atoms with Gasteiger partial charge in [-0.3, -0.25) is 9.59 Å². The fraction of sp³-hybridized carbons (Fsp3) is 0.360. The zero-order valence-electron chi connectivity index (χ0n) is 16.5. The topological polar surface area (TPSA) is 52.6 Å². The number of esters is 2. The average molecular weight is 390 g/mol. The first-order valence-electron chi connectivity index (χ1n) is 10.3. The van der Waals surface area contributed by atoms with Crippen molar-refractivity contribution in [3.63, 3.8) is 0 Å². The number of hydrogen-bond donors (Lipinski definition) is 0. The summed E-state index contributed by atoms with van der Waals surface area (Å²) in [6.45, 7) is 0.567. The molecule has 1 heterocycles. The Bertz CT molecular complexity index is 874. The van der Waals surface area contributed by atoms with Gasteiger partial charge in [-0.05, 0) is 36.8 Å². The fourth-order valence-corrected chi connectivity index (χ4v) is 4.50. The summed E-state index contributed by atoms with van der Waals surface area (Å²) >= 11 is 0. The van der Waals surface area contributed by atoms with Gasteiger partial charge in [-0.2, -0.15) is 0 Å². The van der Waals surface area contributed by atoms with Crippen LogP contribution in [0.3, 0.4) is 0 Å². The molecule has 4 nitrogen and oxygen atoms in total. The molecule has 4 rings (SSSR count). The standard InChI is InChI=1S/C25H26O4/c26-23(28-17-7-12-19-8-3-1-4-9-19)25-21(14-13-20-10-5-2-6-11-20)15-16-22(25)18-29-24(25)27/h1-6,8-11,15-16,21-22H,7,12-14,17-18H2/t21-,22-,25-/m0/s1. The molecule has 1 saturated heterocycles. The highest BCUT2D eigenvalue weighted by Gasteiger charge is 2.64. The average Bonchev–Trinajstić information content (AvgIpc) is 3.29. The van der Waals surface area contributed by atoms with Gasteiger partial charge in [0.1, 0.15) is 0 Å². The third-order valence-electron chi connectivity index (χ3n) is 6.09. The fourth-order valence-electron chi connectivity index (χ4n) is 4.50. The Balaban J connectivity index is 1.40. The lowest BCUT2D eigenvalue weighted by molar-refractivity contribution is -0.168. The van der Waals surface area contributed by atoms with Crippen molar-refractivity contribution in [1.29, 1.82) is 0 Å². The Hall–Kier alpha value is -2.88. The van der Waals surface area contributed by atoms with Gasteiger partial charge < -0.3 is 9.47 Å². The molecule has 29 heavy (non-hydrogen) atoms. The Labute approximate surface area is 171 Å². The number of fused-ring (bicyclic) bond motifs is 1. The smallest absolute Gasteiger partial charge is 0.324 e. The van der Waals surface area contributed by atoms with E-state index in [1.54, 1.807) is 0 Å². The number of cyclic esters (lactones) is 1. The van der Waals surface area contributed by atoms with Gasteiger partial charge in [0.15, 0.2) is 5.41 Å². The van der Waals surface area contributed by atoms with Gasteiger partial charge in [-0.1, -0.05) is 72.8 Å². The summed E-state index contributed by atoms with van der Waals surface area (Å²) < 4.78 is 10.9. The van der Waals surface area contributed by atoms with Crippen molar-refractivity contribution < 1.29 is 19.1 Å². The van der Waals surface area contributed by atoms with Gasteiger partial charge in [0, 0.05) is 11.8 Å². The summed E-state index contributed by atoms with van der Waals surface area (Å²) in [4.78, 5) is 25.9. The monoisotopic (exact) mass is 390 g/mol. The van der Waals surface area contributed by atoms with Crippen LogP contribution in [0.15, 0.2) is 72.8 Å². The van der Waals surface area contributed by atoms with E-state index in [1.165, 1.54) is 11.1 Å². The lowest BCUT2D eigenvalue weighted by atomic mass is 9.70. The Kier molecular flexibility index (Phi) is 5.79. The lowest BCUT2D eigenvalue weighted by Gasteiger charge is -2.29. The lowest BCUT2D eigenvalue weighted by Crippen LogP contribution is -2.45. The summed E-state index contributed by atoms with van der Waals surface area (Å²) in [7, 11) is 0. The molecule has 2 aromatic rings. The summed E-state index contributed by atoms with van der Waals surface area (Å²) in [6.07, 6.45) is 7.06. The van der Waals surface area contributed by atoms with Gasteiger partial charge in [0.25, 0.3) is 0 Å². The number of benzene rings is 2. The maximum Gasteiger partial charge on any atom is 0.324 e. The summed E-state index contributed by atoms with van der Waals surface area (Å²) in [5.41, 5.74) is 1.20. The number of hydrogen-bond acceptors (Lipinski definition) is 4. The number of allylic oxidation sites excluding steroid dienone is 1. The Morgan fingerprint density at radius 1 is 0.966 bits per heavy atom. The summed E-state index contributed by atoms with van der Waals surface area (Å²) in [5.74, 6) is -1.28. The van der Waals surface area contributed by atoms with E-state index < -0.39 is 17.4 Å². The van der Waals surface area contributed by atoms with Crippen LogP contribution >= 0.6 is 0 Å². The van der Waals surface area contributed by atoms with E-state index >= 15 is 0 Å². The third-order valence-corrected chi connectivity index (χ3v) is 6.09. The normalized spacial score (nSPS) is 24.9. The van der Waals surface area contributed by atoms with Gasteiger partial charge in [0.05, 0.1) is 13.2 Å². The molecule has 4 heteroatoms. The van der Waals surface area contributed by atoms with Gasteiger partial charge in [-0.15, -0.1) is 0 Å². The van der Waals surface area contributed by atoms with Crippen LogP contribution in [-0.2, 0) is 31.9 Å². The van der Waals surface area contributed by atoms with Gasteiger partial charge >= 0.3 is 11.9 Å². The van der Waals surface area contributed by atoms with E-state index in [0.29, 0.717) is 13.0 Å². The van der Waals surface area contributed by atoms with Crippen LogP contribution in [0.25, 0.3) is 0 Å². The quantitative estimate of drug-likeness (QED) is 0.294. The van der Waals surface area contributed by atoms with Crippen LogP contribution in [0.5, 0.6) is 0 Å². The number of rotatable bonds is 8. The predicted octanol–water partition coefficient (Wildman–Crippen LogP) is 4.14. The first kappa shape index (κ1) is 19.4. The van der Waals surface area contributed by atoms with Crippen molar-refractivity contribution in [2.75, 3.05) is 13.2 Å². The Morgan fingerprint density at radius 2 is 1.62 bits per heavy atom.